The molecular weight excluding hydrogens is 288 g/mol. The van der Waals surface area contributed by atoms with Gasteiger partial charge < -0.3 is 19.8 Å². The van der Waals surface area contributed by atoms with Crippen LogP contribution < -0.4 is 10.5 Å². The van der Waals surface area contributed by atoms with Crippen molar-refractivity contribution in [2.24, 2.45) is 0 Å². The Bertz CT molecular complexity index is 806. The number of methoxy groups -OCH3 is 1. The smallest absolute Gasteiger partial charge is 0.137 e. The number of anilines is 1. The lowest BCUT2D eigenvalue weighted by atomic mass is 10.1. The van der Waals surface area contributed by atoms with Gasteiger partial charge in [0, 0.05) is 24.8 Å². The maximum absolute atomic E-state index is 5.94. The third-order valence-electron chi connectivity index (χ3n) is 3.82. The number of aromatic nitrogens is 2. The number of hydrogen-bond acceptors (Lipinski definition) is 4. The van der Waals surface area contributed by atoms with Gasteiger partial charge in [-0.3, -0.25) is 0 Å². The van der Waals surface area contributed by atoms with E-state index < -0.39 is 0 Å². The molecule has 1 aromatic carbocycles. The zero-order valence-corrected chi connectivity index (χ0v) is 13.8. The molecule has 5 heteroatoms. The third kappa shape index (κ3) is 3.29. The van der Waals surface area contributed by atoms with Crippen LogP contribution in [0.2, 0.25) is 0 Å². The summed E-state index contributed by atoms with van der Waals surface area (Å²) in [6, 6.07) is 12.0. The number of benzene rings is 1. The van der Waals surface area contributed by atoms with E-state index in [9.17, 15) is 0 Å². The summed E-state index contributed by atoms with van der Waals surface area (Å²) in [5.41, 5.74) is 11.1. The molecule has 0 aliphatic rings. The molecule has 0 fully saturated rings. The molecule has 0 spiro atoms. The van der Waals surface area contributed by atoms with E-state index in [4.69, 9.17) is 15.5 Å². The number of nitrogens with two attached hydrogens (primary N) is 1. The predicted molar refractivity (Wildman–Crippen MR) is 92.8 cm³/mol. The number of rotatable bonds is 5. The Morgan fingerprint density at radius 3 is 2.52 bits per heavy atom. The number of nitrogens with zero attached hydrogens (tertiary/aromatic N) is 3. The van der Waals surface area contributed by atoms with E-state index in [0.717, 1.165) is 35.7 Å². The molecule has 0 bridgehead atoms. The van der Waals surface area contributed by atoms with Gasteiger partial charge in [-0.15, -0.1) is 0 Å². The normalized spacial score (nSPS) is 11.3. The van der Waals surface area contributed by atoms with Gasteiger partial charge in [0.25, 0.3) is 0 Å². The molecule has 0 saturated heterocycles. The van der Waals surface area contributed by atoms with Gasteiger partial charge in [0.2, 0.25) is 0 Å². The summed E-state index contributed by atoms with van der Waals surface area (Å²) in [5.74, 6) is 0.866. The van der Waals surface area contributed by atoms with E-state index in [1.807, 2.05) is 30.5 Å². The maximum atomic E-state index is 5.94. The molecule has 2 heterocycles. The molecule has 3 rings (SSSR count). The van der Waals surface area contributed by atoms with Gasteiger partial charge in [-0.2, -0.15) is 0 Å². The zero-order valence-electron chi connectivity index (χ0n) is 13.8. The van der Waals surface area contributed by atoms with Gasteiger partial charge in [0.15, 0.2) is 0 Å². The second kappa shape index (κ2) is 6.30. The lowest BCUT2D eigenvalue weighted by molar-refractivity contribution is 0.394. The molecule has 0 radical (unpaired) electrons. The van der Waals surface area contributed by atoms with E-state index in [2.05, 4.69) is 35.5 Å². The fourth-order valence-corrected chi connectivity index (χ4v) is 2.70. The minimum atomic E-state index is 0.742. The van der Waals surface area contributed by atoms with Crippen LogP contribution in [-0.4, -0.2) is 35.5 Å². The van der Waals surface area contributed by atoms with Gasteiger partial charge in [0.1, 0.15) is 11.4 Å². The molecule has 2 aromatic heterocycles. The molecule has 0 atom stereocenters. The molecule has 0 aliphatic carbocycles. The molecule has 0 aliphatic heterocycles. The molecule has 0 unspecified atom stereocenters. The van der Waals surface area contributed by atoms with Crippen LogP contribution in [0, 0.1) is 0 Å². The molecule has 0 amide bonds. The lowest BCUT2D eigenvalue weighted by Crippen LogP contribution is -2.14. The Morgan fingerprint density at radius 1 is 1.13 bits per heavy atom. The highest BCUT2D eigenvalue weighted by molar-refractivity contribution is 5.51. The number of imidazole rings is 1. The van der Waals surface area contributed by atoms with Gasteiger partial charge in [-0.25, -0.2) is 4.98 Å². The van der Waals surface area contributed by atoms with Crippen molar-refractivity contribution in [1.82, 2.24) is 14.3 Å². The van der Waals surface area contributed by atoms with Crippen molar-refractivity contribution in [3.05, 3.63) is 59.5 Å². The SMILES string of the molecule is COc1ccc(Cc2nc3ccc(N)cn3c2CN(C)C)cc1. The van der Waals surface area contributed by atoms with Crippen LogP contribution in [0.15, 0.2) is 42.6 Å². The Hall–Kier alpha value is -2.53. The van der Waals surface area contributed by atoms with Crippen LogP contribution in [0.25, 0.3) is 5.65 Å². The second-order valence-corrected chi connectivity index (χ2v) is 5.96. The second-order valence-electron chi connectivity index (χ2n) is 5.96. The van der Waals surface area contributed by atoms with E-state index in [1.54, 1.807) is 7.11 Å². The molecule has 23 heavy (non-hydrogen) atoms. The number of nitrogen functional groups attached to an aromatic ring is 1. The average Bonchev–Trinajstić information content (AvgIpc) is 2.85. The van der Waals surface area contributed by atoms with Crippen molar-refractivity contribution >= 4 is 11.3 Å². The maximum Gasteiger partial charge on any atom is 0.137 e. The molecule has 5 nitrogen and oxygen atoms in total. The Labute approximate surface area is 136 Å². The first-order valence-electron chi connectivity index (χ1n) is 7.60. The summed E-state index contributed by atoms with van der Waals surface area (Å²) in [6.45, 7) is 0.816. The summed E-state index contributed by atoms with van der Waals surface area (Å²) in [7, 11) is 5.79. The molecule has 0 saturated carbocycles. The Kier molecular flexibility index (Phi) is 4.21. The third-order valence-corrected chi connectivity index (χ3v) is 3.82. The minimum Gasteiger partial charge on any atom is -0.497 e. The summed E-state index contributed by atoms with van der Waals surface area (Å²) < 4.78 is 7.31. The average molecular weight is 310 g/mol. The quantitative estimate of drug-likeness (QED) is 0.787. The van der Waals surface area contributed by atoms with Crippen molar-refractivity contribution < 1.29 is 4.74 Å². The first-order valence-corrected chi connectivity index (χ1v) is 7.60. The van der Waals surface area contributed by atoms with Crippen molar-refractivity contribution in [1.29, 1.82) is 0 Å². The zero-order chi connectivity index (χ0) is 16.4. The van der Waals surface area contributed by atoms with Crippen molar-refractivity contribution in [3.8, 4) is 5.75 Å². The summed E-state index contributed by atoms with van der Waals surface area (Å²) >= 11 is 0. The highest BCUT2D eigenvalue weighted by Crippen LogP contribution is 2.20. The van der Waals surface area contributed by atoms with Crippen LogP contribution in [0.1, 0.15) is 17.0 Å². The number of ether oxygens (including phenoxy) is 1. The van der Waals surface area contributed by atoms with Crippen LogP contribution >= 0.6 is 0 Å². The van der Waals surface area contributed by atoms with Gasteiger partial charge in [-0.1, -0.05) is 12.1 Å². The van der Waals surface area contributed by atoms with Crippen LogP contribution in [0.5, 0.6) is 5.75 Å². The summed E-state index contributed by atoms with van der Waals surface area (Å²) in [4.78, 5) is 6.94. The van der Waals surface area contributed by atoms with Crippen LogP contribution in [0.3, 0.4) is 0 Å². The van der Waals surface area contributed by atoms with Crippen molar-refractivity contribution in [3.63, 3.8) is 0 Å². The van der Waals surface area contributed by atoms with E-state index in [0.29, 0.717) is 0 Å². The minimum absolute atomic E-state index is 0.742. The Morgan fingerprint density at radius 2 is 1.87 bits per heavy atom. The van der Waals surface area contributed by atoms with Crippen LogP contribution in [-0.2, 0) is 13.0 Å². The van der Waals surface area contributed by atoms with E-state index in [-0.39, 0.29) is 0 Å². The molecule has 3 aromatic rings. The van der Waals surface area contributed by atoms with Crippen molar-refractivity contribution in [2.75, 3.05) is 26.9 Å². The first kappa shape index (κ1) is 15.4. The predicted octanol–water partition coefficient (Wildman–Crippen LogP) is 2.58. The first-order chi connectivity index (χ1) is 11.1. The van der Waals surface area contributed by atoms with Crippen molar-refractivity contribution in [2.45, 2.75) is 13.0 Å². The fraction of sp³-hybridized carbons (Fsp3) is 0.278. The largest absolute Gasteiger partial charge is 0.497 e. The fourth-order valence-electron chi connectivity index (χ4n) is 2.70. The Balaban J connectivity index is 2.00. The van der Waals surface area contributed by atoms with Gasteiger partial charge in [0.05, 0.1) is 18.5 Å². The molecule has 2 N–H and O–H groups in total. The van der Waals surface area contributed by atoms with Gasteiger partial charge in [-0.05, 0) is 43.9 Å². The summed E-state index contributed by atoms with van der Waals surface area (Å²) in [6.07, 6.45) is 2.73. The number of pyridine rings is 1. The molecular formula is C18H22N4O. The number of hydrogen-bond donors (Lipinski definition) is 1. The van der Waals surface area contributed by atoms with Crippen LogP contribution in [0.4, 0.5) is 5.69 Å². The number of fused-ring (bicyclic) bond motifs is 1. The lowest BCUT2D eigenvalue weighted by Gasteiger charge is -2.12. The topological polar surface area (TPSA) is 55.8 Å². The molecule has 120 valence electrons. The monoisotopic (exact) mass is 310 g/mol. The van der Waals surface area contributed by atoms with E-state index >= 15 is 0 Å². The highest BCUT2D eigenvalue weighted by Gasteiger charge is 2.13. The standard InChI is InChI=1S/C18H22N4O/c1-21(2)12-17-16(10-13-4-7-15(23-3)8-5-13)20-18-9-6-14(19)11-22(17)18/h4-9,11H,10,12,19H2,1-3H3. The van der Waals surface area contributed by atoms with E-state index in [1.165, 1.54) is 11.3 Å². The highest BCUT2D eigenvalue weighted by atomic mass is 16.5. The van der Waals surface area contributed by atoms with Gasteiger partial charge >= 0.3 is 0 Å². The summed E-state index contributed by atoms with van der Waals surface area (Å²) in [5, 5.41) is 0.